The fourth-order valence-electron chi connectivity index (χ4n) is 3.72. The summed E-state index contributed by atoms with van der Waals surface area (Å²) in [7, 11) is -2.18. The Hall–Kier alpha value is -2.01. The zero-order valence-electron chi connectivity index (χ0n) is 17.2. The molecule has 0 radical (unpaired) electrons. The maximum absolute atomic E-state index is 13.5. The normalized spacial score (nSPS) is 17.8. The predicted molar refractivity (Wildman–Crippen MR) is 120 cm³/mol. The highest BCUT2D eigenvalue weighted by Crippen LogP contribution is 2.40. The lowest BCUT2D eigenvalue weighted by Crippen LogP contribution is -2.23. The van der Waals surface area contributed by atoms with Crippen LogP contribution < -0.4 is 9.46 Å². The number of thiophene rings is 1. The number of ether oxygens (including phenoxy) is 1. The van der Waals surface area contributed by atoms with Crippen molar-refractivity contribution in [2.75, 3.05) is 24.9 Å². The molecule has 0 aliphatic carbocycles. The molecule has 2 heterocycles. The number of halogens is 4. The molecule has 1 aromatic heterocycles. The average molecular weight is 505 g/mol. The largest absolute Gasteiger partial charge is 0.488 e. The van der Waals surface area contributed by atoms with Crippen LogP contribution >= 0.6 is 22.9 Å². The summed E-state index contributed by atoms with van der Waals surface area (Å²) in [5, 5.41) is 1.20. The molecule has 0 saturated carbocycles. The monoisotopic (exact) mass is 504 g/mol. The number of aryl methyl sites for hydroxylation is 1. The molecule has 32 heavy (non-hydrogen) atoms. The molecule has 0 unspecified atom stereocenters. The first-order valence-corrected chi connectivity index (χ1v) is 12.4. The van der Waals surface area contributed by atoms with Gasteiger partial charge < -0.3 is 9.64 Å². The van der Waals surface area contributed by atoms with Crippen molar-refractivity contribution in [3.8, 4) is 5.75 Å². The number of likely N-dealkylation sites (N-methyl/N-ethyl adjacent to an activating group) is 1. The minimum atomic E-state index is -4.63. The molecule has 1 atom stereocenters. The van der Waals surface area contributed by atoms with E-state index in [0.29, 0.717) is 35.5 Å². The number of nitrogens with one attached hydrogen (secondary N) is 1. The van der Waals surface area contributed by atoms with Crippen LogP contribution in [0.5, 0.6) is 5.75 Å². The third-order valence-electron chi connectivity index (χ3n) is 5.28. The lowest BCUT2D eigenvalue weighted by atomic mass is 10.1. The van der Waals surface area contributed by atoms with E-state index >= 15 is 0 Å². The lowest BCUT2D eigenvalue weighted by Gasteiger charge is -2.19. The fraction of sp³-hybridized carbons (Fsp3) is 0.333. The molecule has 1 aliphatic heterocycles. The molecule has 0 spiro atoms. The third-order valence-corrected chi connectivity index (χ3v) is 8.79. The Morgan fingerprint density at radius 2 is 1.97 bits per heavy atom. The SMILES string of the molecule is Cc1c(S(=O)(=O)Nc2ccc(C(F)(F)F)c(O[C@H]3CCN(C)C3)c2)sc2ccc(Cl)cc12. The second kappa shape index (κ2) is 8.40. The average Bonchev–Trinajstić information content (AvgIpc) is 3.24. The minimum Gasteiger partial charge on any atom is -0.488 e. The molecule has 2 aromatic carbocycles. The van der Waals surface area contributed by atoms with Gasteiger partial charge in [0.05, 0.1) is 11.3 Å². The summed E-state index contributed by atoms with van der Waals surface area (Å²) < 4.78 is 75.5. The van der Waals surface area contributed by atoms with Crippen molar-refractivity contribution in [2.45, 2.75) is 29.8 Å². The summed E-state index contributed by atoms with van der Waals surface area (Å²) in [5.74, 6) is -0.391. The third kappa shape index (κ3) is 4.68. The number of anilines is 1. The zero-order valence-corrected chi connectivity index (χ0v) is 19.6. The molecule has 1 fully saturated rings. The van der Waals surface area contributed by atoms with Crippen LogP contribution in [0.25, 0.3) is 10.1 Å². The molecule has 172 valence electrons. The number of hydrogen-bond acceptors (Lipinski definition) is 5. The van der Waals surface area contributed by atoms with E-state index in [1.165, 1.54) is 0 Å². The summed E-state index contributed by atoms with van der Waals surface area (Å²) in [4.78, 5) is 1.96. The molecule has 11 heteroatoms. The van der Waals surface area contributed by atoms with Gasteiger partial charge in [-0.25, -0.2) is 8.42 Å². The fourth-order valence-corrected chi connectivity index (χ4v) is 6.69. The number of alkyl halides is 3. The van der Waals surface area contributed by atoms with E-state index in [1.807, 2.05) is 11.9 Å². The van der Waals surface area contributed by atoms with Gasteiger partial charge in [0, 0.05) is 28.9 Å². The summed E-state index contributed by atoms with van der Waals surface area (Å²) in [6.07, 6.45) is -4.44. The number of benzene rings is 2. The molecular formula is C21H20ClF3N2O3S2. The second-order valence-corrected chi connectivity index (χ2v) is 11.1. The van der Waals surface area contributed by atoms with E-state index in [2.05, 4.69) is 4.72 Å². The minimum absolute atomic E-state index is 0.00533. The van der Waals surface area contributed by atoms with E-state index in [9.17, 15) is 21.6 Å². The van der Waals surface area contributed by atoms with E-state index in [-0.39, 0.29) is 9.90 Å². The summed E-state index contributed by atoms with van der Waals surface area (Å²) in [6.45, 7) is 2.88. The van der Waals surface area contributed by atoms with Crippen LogP contribution in [0.4, 0.5) is 18.9 Å². The van der Waals surface area contributed by atoms with Crippen molar-refractivity contribution >= 4 is 48.7 Å². The number of likely N-dealkylation sites (tertiary alicyclic amines) is 1. The Labute approximate surface area is 192 Å². The molecule has 5 nitrogen and oxygen atoms in total. The topological polar surface area (TPSA) is 58.6 Å². The summed E-state index contributed by atoms with van der Waals surface area (Å²) >= 11 is 7.09. The highest BCUT2D eigenvalue weighted by atomic mass is 35.5. The van der Waals surface area contributed by atoms with Gasteiger partial charge in [-0.05, 0) is 61.7 Å². The highest BCUT2D eigenvalue weighted by Gasteiger charge is 2.36. The van der Waals surface area contributed by atoms with Gasteiger partial charge in [0.15, 0.2) is 0 Å². The Balaban J connectivity index is 1.67. The summed E-state index contributed by atoms with van der Waals surface area (Å²) in [5.41, 5.74) is -0.422. The van der Waals surface area contributed by atoms with Crippen LogP contribution in [0.15, 0.2) is 40.6 Å². The zero-order chi connectivity index (χ0) is 23.3. The first-order chi connectivity index (χ1) is 14.9. The molecule has 0 bridgehead atoms. The first kappa shape index (κ1) is 23.2. The van der Waals surface area contributed by atoms with Crippen molar-refractivity contribution in [3.05, 3.63) is 52.5 Å². The molecule has 1 N–H and O–H groups in total. The van der Waals surface area contributed by atoms with Gasteiger partial charge in [-0.3, -0.25) is 4.72 Å². The van der Waals surface area contributed by atoms with Crippen LogP contribution in [-0.2, 0) is 16.2 Å². The first-order valence-electron chi connectivity index (χ1n) is 9.72. The molecule has 0 amide bonds. The van der Waals surface area contributed by atoms with Crippen molar-refractivity contribution in [2.24, 2.45) is 0 Å². The molecule has 4 rings (SSSR count). The standard InChI is InChI=1S/C21H20ClF3N2O3S2/c1-12-16-9-13(22)3-6-19(16)31-20(12)32(28,29)26-14-4-5-17(21(23,24)25)18(10-14)30-15-7-8-27(2)11-15/h3-6,9-10,15,26H,7-8,11H2,1-2H3/t15-/m0/s1. The van der Waals surface area contributed by atoms with Crippen LogP contribution in [0.3, 0.4) is 0 Å². The van der Waals surface area contributed by atoms with E-state index in [4.69, 9.17) is 16.3 Å². The number of fused-ring (bicyclic) bond motifs is 1. The Morgan fingerprint density at radius 3 is 2.62 bits per heavy atom. The van der Waals surface area contributed by atoms with Crippen LogP contribution in [0.1, 0.15) is 17.5 Å². The van der Waals surface area contributed by atoms with E-state index in [0.717, 1.165) is 34.2 Å². The Bertz CT molecular complexity index is 1280. The molecular weight excluding hydrogens is 485 g/mol. The van der Waals surface area contributed by atoms with Gasteiger partial charge in [0.2, 0.25) is 0 Å². The quantitative estimate of drug-likeness (QED) is 0.479. The Kier molecular flexibility index (Phi) is 6.08. The van der Waals surface area contributed by atoms with Crippen molar-refractivity contribution in [3.63, 3.8) is 0 Å². The van der Waals surface area contributed by atoms with Gasteiger partial charge in [0.1, 0.15) is 16.1 Å². The molecule has 1 saturated heterocycles. The number of hydrogen-bond donors (Lipinski definition) is 1. The number of rotatable bonds is 5. The lowest BCUT2D eigenvalue weighted by molar-refractivity contribution is -0.139. The maximum Gasteiger partial charge on any atom is 0.419 e. The summed E-state index contributed by atoms with van der Waals surface area (Å²) in [6, 6.07) is 8.11. The van der Waals surface area contributed by atoms with Crippen molar-refractivity contribution in [1.29, 1.82) is 0 Å². The number of nitrogens with zero attached hydrogens (tertiary/aromatic N) is 1. The van der Waals surface area contributed by atoms with E-state index < -0.39 is 33.6 Å². The van der Waals surface area contributed by atoms with Gasteiger partial charge in [-0.2, -0.15) is 13.2 Å². The van der Waals surface area contributed by atoms with Crippen molar-refractivity contribution in [1.82, 2.24) is 4.90 Å². The predicted octanol–water partition coefficient (Wildman–Crippen LogP) is 5.77. The van der Waals surface area contributed by atoms with Crippen LogP contribution in [0.2, 0.25) is 5.02 Å². The van der Waals surface area contributed by atoms with E-state index in [1.54, 1.807) is 25.1 Å². The van der Waals surface area contributed by atoms with Gasteiger partial charge in [0.25, 0.3) is 10.0 Å². The van der Waals surface area contributed by atoms with Gasteiger partial charge >= 0.3 is 6.18 Å². The second-order valence-electron chi connectivity index (χ2n) is 7.76. The number of sulfonamides is 1. The highest BCUT2D eigenvalue weighted by molar-refractivity contribution is 7.94. The Morgan fingerprint density at radius 1 is 1.22 bits per heavy atom. The molecule has 1 aliphatic rings. The van der Waals surface area contributed by atoms with Crippen LogP contribution in [0, 0.1) is 6.92 Å². The molecule has 3 aromatic rings. The van der Waals surface area contributed by atoms with Crippen molar-refractivity contribution < 1.29 is 26.3 Å². The smallest absolute Gasteiger partial charge is 0.419 e. The van der Waals surface area contributed by atoms with Gasteiger partial charge in [-0.15, -0.1) is 11.3 Å². The van der Waals surface area contributed by atoms with Crippen LogP contribution in [-0.4, -0.2) is 39.6 Å². The maximum atomic E-state index is 13.5. The van der Waals surface area contributed by atoms with Gasteiger partial charge in [-0.1, -0.05) is 11.6 Å².